The van der Waals surface area contributed by atoms with Crippen molar-refractivity contribution in [3.8, 4) is 0 Å². The summed E-state index contributed by atoms with van der Waals surface area (Å²) >= 11 is 0. The van der Waals surface area contributed by atoms with Gasteiger partial charge < -0.3 is 15.5 Å². The lowest BCUT2D eigenvalue weighted by Crippen LogP contribution is -2.38. The molecule has 1 saturated heterocycles. The Morgan fingerprint density at radius 3 is 2.16 bits per heavy atom. The molecule has 1 heterocycles. The summed E-state index contributed by atoms with van der Waals surface area (Å²) in [6.07, 6.45) is -0.417. The first-order valence-corrected chi connectivity index (χ1v) is 10.9. The van der Waals surface area contributed by atoms with Gasteiger partial charge in [-0.15, -0.1) is 0 Å². The number of halogens is 3. The number of alkyl halides is 3. The summed E-state index contributed by atoms with van der Waals surface area (Å²) in [5, 5.41) is 6.37. The molecule has 0 atom stereocenters. The molecule has 1 fully saturated rings. The Morgan fingerprint density at radius 1 is 0.938 bits per heavy atom. The lowest BCUT2D eigenvalue weighted by molar-refractivity contribution is -0.137. The van der Waals surface area contributed by atoms with Gasteiger partial charge in [-0.25, -0.2) is 0 Å². The summed E-state index contributed by atoms with van der Waals surface area (Å²) in [5.41, 5.74) is 1.89. The molecule has 3 rings (SSSR count). The lowest BCUT2D eigenvalue weighted by Gasteiger charge is -2.26. The number of carbonyl (C=O) groups is 1. The molecule has 8 heteroatoms. The predicted molar refractivity (Wildman–Crippen MR) is 120 cm³/mol. The van der Waals surface area contributed by atoms with Crippen LogP contribution in [0.3, 0.4) is 0 Å². The Hall–Kier alpha value is -3.03. The van der Waals surface area contributed by atoms with Crippen LogP contribution in [0.1, 0.15) is 46.3 Å². The van der Waals surface area contributed by atoms with E-state index in [1.165, 1.54) is 18.6 Å². The number of benzene rings is 2. The minimum atomic E-state index is -4.32. The average Bonchev–Trinajstić information content (AvgIpc) is 2.81. The molecule has 0 saturated carbocycles. The zero-order valence-electron chi connectivity index (χ0n) is 18.2. The Kier molecular flexibility index (Phi) is 8.14. The molecule has 1 aliphatic rings. The van der Waals surface area contributed by atoms with E-state index in [0.29, 0.717) is 31.0 Å². The molecule has 172 valence electrons. The monoisotopic (exact) mass is 446 g/mol. The molecule has 1 amide bonds. The number of hydrogen-bond acceptors (Lipinski definition) is 2. The Morgan fingerprint density at radius 2 is 1.56 bits per heavy atom. The van der Waals surface area contributed by atoms with Gasteiger partial charge in [-0.1, -0.05) is 24.3 Å². The molecule has 2 aromatic carbocycles. The maximum atomic E-state index is 12.6. The van der Waals surface area contributed by atoms with Crippen LogP contribution >= 0.6 is 0 Å². The Balaban J connectivity index is 1.43. The van der Waals surface area contributed by atoms with E-state index in [4.69, 9.17) is 0 Å². The molecule has 1 aliphatic heterocycles. The zero-order chi connectivity index (χ0) is 23.0. The second kappa shape index (κ2) is 11.0. The van der Waals surface area contributed by atoms with Crippen molar-refractivity contribution in [3.63, 3.8) is 0 Å². The average molecular weight is 447 g/mol. The highest BCUT2D eigenvalue weighted by Gasteiger charge is 2.29. The first-order valence-electron chi connectivity index (χ1n) is 10.9. The molecule has 0 bridgehead atoms. The predicted octanol–water partition coefficient (Wildman–Crippen LogP) is 4.24. The van der Waals surface area contributed by atoms with Gasteiger partial charge in [0.05, 0.1) is 5.56 Å². The van der Waals surface area contributed by atoms with Crippen molar-refractivity contribution in [2.24, 2.45) is 4.99 Å². The lowest BCUT2D eigenvalue weighted by atomic mass is 10.1. The number of likely N-dealkylation sites (tertiary alicyclic amines) is 1. The molecule has 32 heavy (non-hydrogen) atoms. The first kappa shape index (κ1) is 23.6. The van der Waals surface area contributed by atoms with E-state index in [9.17, 15) is 18.0 Å². The molecular weight excluding hydrogens is 417 g/mol. The van der Waals surface area contributed by atoms with Gasteiger partial charge in [0, 0.05) is 38.8 Å². The first-order chi connectivity index (χ1) is 15.4. The number of nitrogens with zero attached hydrogens (tertiary/aromatic N) is 2. The van der Waals surface area contributed by atoms with Crippen LogP contribution in [0.5, 0.6) is 0 Å². The summed E-state index contributed by atoms with van der Waals surface area (Å²) in [6.45, 7) is 2.74. The van der Waals surface area contributed by atoms with Crippen LogP contribution in [-0.4, -0.2) is 43.4 Å². The summed E-state index contributed by atoms with van der Waals surface area (Å²) < 4.78 is 37.9. The number of guanidine groups is 1. The maximum Gasteiger partial charge on any atom is 0.416 e. The summed E-state index contributed by atoms with van der Waals surface area (Å²) in [6, 6.07) is 12.8. The number of aliphatic imine (C=N–C) groups is 1. The molecule has 2 N–H and O–H groups in total. The van der Waals surface area contributed by atoms with E-state index in [-0.39, 0.29) is 5.91 Å². The minimum Gasteiger partial charge on any atom is -0.356 e. The highest BCUT2D eigenvalue weighted by Crippen LogP contribution is 2.29. The van der Waals surface area contributed by atoms with Gasteiger partial charge in [-0.3, -0.25) is 9.79 Å². The molecular formula is C24H29F3N4O. The second-order valence-electron chi connectivity index (χ2n) is 7.85. The number of hydrogen-bond donors (Lipinski definition) is 2. The summed E-state index contributed by atoms with van der Waals surface area (Å²) in [7, 11) is 1.66. The highest BCUT2D eigenvalue weighted by molar-refractivity contribution is 5.94. The molecule has 5 nitrogen and oxygen atoms in total. The SMILES string of the molecule is CN=C(NCCc1ccc(C(F)(F)F)cc1)NCc1ccc(C(=O)N2CCCCC2)cc1. The van der Waals surface area contributed by atoms with Crippen molar-refractivity contribution >= 4 is 11.9 Å². The fourth-order valence-corrected chi connectivity index (χ4v) is 3.64. The number of carbonyl (C=O) groups excluding carboxylic acids is 1. The number of amides is 1. The van der Waals surface area contributed by atoms with Crippen molar-refractivity contribution in [2.45, 2.75) is 38.4 Å². The van der Waals surface area contributed by atoms with Gasteiger partial charge in [0.1, 0.15) is 0 Å². The van der Waals surface area contributed by atoms with E-state index in [1.54, 1.807) is 7.05 Å². The molecule has 0 aromatic heterocycles. The van der Waals surface area contributed by atoms with E-state index >= 15 is 0 Å². The van der Waals surface area contributed by atoms with Crippen LogP contribution in [0, 0.1) is 0 Å². The van der Waals surface area contributed by atoms with E-state index < -0.39 is 11.7 Å². The Labute approximate surface area is 186 Å². The van der Waals surface area contributed by atoms with Crippen LogP contribution in [0.4, 0.5) is 13.2 Å². The van der Waals surface area contributed by atoms with Gasteiger partial charge in [0.2, 0.25) is 0 Å². The molecule has 2 aromatic rings. The van der Waals surface area contributed by atoms with Crippen LogP contribution in [0.15, 0.2) is 53.5 Å². The van der Waals surface area contributed by atoms with E-state index in [0.717, 1.165) is 49.2 Å². The molecule has 0 aliphatic carbocycles. The van der Waals surface area contributed by atoms with Gasteiger partial charge in [-0.05, 0) is 61.1 Å². The van der Waals surface area contributed by atoms with Crippen LogP contribution < -0.4 is 10.6 Å². The Bertz CT molecular complexity index is 902. The highest BCUT2D eigenvalue weighted by atomic mass is 19.4. The number of nitrogens with one attached hydrogen (secondary N) is 2. The van der Waals surface area contributed by atoms with Crippen molar-refractivity contribution in [3.05, 3.63) is 70.8 Å². The maximum absolute atomic E-state index is 12.6. The third kappa shape index (κ3) is 6.73. The van der Waals surface area contributed by atoms with Crippen molar-refractivity contribution in [1.29, 1.82) is 0 Å². The van der Waals surface area contributed by atoms with Gasteiger partial charge in [0.15, 0.2) is 5.96 Å². The molecule has 0 unspecified atom stereocenters. The fraction of sp³-hybridized carbons (Fsp3) is 0.417. The van der Waals surface area contributed by atoms with Crippen molar-refractivity contribution in [1.82, 2.24) is 15.5 Å². The normalized spacial score (nSPS) is 14.9. The third-order valence-corrected chi connectivity index (χ3v) is 5.52. The number of rotatable bonds is 6. The largest absolute Gasteiger partial charge is 0.416 e. The van der Waals surface area contributed by atoms with Gasteiger partial charge >= 0.3 is 6.18 Å². The van der Waals surface area contributed by atoms with E-state index in [2.05, 4.69) is 15.6 Å². The fourth-order valence-electron chi connectivity index (χ4n) is 3.64. The zero-order valence-corrected chi connectivity index (χ0v) is 18.2. The summed E-state index contributed by atoms with van der Waals surface area (Å²) in [5.74, 6) is 0.690. The van der Waals surface area contributed by atoms with E-state index in [1.807, 2.05) is 29.2 Å². The second-order valence-corrected chi connectivity index (χ2v) is 7.85. The van der Waals surface area contributed by atoms with Crippen molar-refractivity contribution < 1.29 is 18.0 Å². The topological polar surface area (TPSA) is 56.7 Å². The summed E-state index contributed by atoms with van der Waals surface area (Å²) in [4.78, 5) is 18.6. The van der Waals surface area contributed by atoms with Crippen molar-refractivity contribution in [2.75, 3.05) is 26.7 Å². The van der Waals surface area contributed by atoms with Crippen LogP contribution in [-0.2, 0) is 19.1 Å². The van der Waals surface area contributed by atoms with Gasteiger partial charge in [0.25, 0.3) is 5.91 Å². The smallest absolute Gasteiger partial charge is 0.356 e. The third-order valence-electron chi connectivity index (χ3n) is 5.52. The van der Waals surface area contributed by atoms with Crippen LogP contribution in [0.25, 0.3) is 0 Å². The molecule has 0 radical (unpaired) electrons. The van der Waals surface area contributed by atoms with Gasteiger partial charge in [-0.2, -0.15) is 13.2 Å². The number of piperidine rings is 1. The van der Waals surface area contributed by atoms with Crippen LogP contribution in [0.2, 0.25) is 0 Å². The quantitative estimate of drug-likeness (QED) is 0.516. The standard InChI is InChI=1S/C24H29F3N4O/c1-28-23(29-14-13-18-7-11-21(12-8-18)24(25,26)27)30-17-19-5-9-20(10-6-19)22(32)31-15-3-2-4-16-31/h5-12H,2-4,13-17H2,1H3,(H2,28,29,30). The molecule has 0 spiro atoms. The minimum absolute atomic E-state index is 0.0879.